The number of carboxylic acids is 1. The molecule has 0 radical (unpaired) electrons. The number of aliphatic carboxylic acids is 1. The Morgan fingerprint density at radius 3 is 2.18 bits per heavy atom. The molecule has 0 aromatic carbocycles. The molecular weight excluding hydrogens is 160 g/mol. The Hall–Kier alpha value is -0.180. The van der Waals surface area contributed by atoms with E-state index >= 15 is 0 Å². The molecule has 0 aromatic heterocycles. The van der Waals surface area contributed by atoms with Crippen LogP contribution < -0.4 is 0 Å². The normalized spacial score (nSPS) is 13.5. The standard InChI is InChI=1S/C8H16O2S/c1-4-7(5-2)11-6(3)8(9)10/h6-7H,4-5H2,1-3H3,(H,9,10). The second-order valence-corrected chi connectivity index (χ2v) is 4.20. The summed E-state index contributed by atoms with van der Waals surface area (Å²) in [5.41, 5.74) is 0. The van der Waals surface area contributed by atoms with Crippen LogP contribution in [0, 0.1) is 0 Å². The van der Waals surface area contributed by atoms with Crippen LogP contribution in [0.15, 0.2) is 0 Å². The minimum absolute atomic E-state index is 0.264. The van der Waals surface area contributed by atoms with Crippen molar-refractivity contribution in [2.45, 2.75) is 44.1 Å². The van der Waals surface area contributed by atoms with Crippen molar-refractivity contribution in [1.29, 1.82) is 0 Å². The first-order chi connectivity index (χ1) is 5.11. The molecule has 0 aliphatic rings. The van der Waals surface area contributed by atoms with Crippen molar-refractivity contribution in [2.75, 3.05) is 0 Å². The minimum Gasteiger partial charge on any atom is -0.480 e. The van der Waals surface area contributed by atoms with E-state index in [1.165, 1.54) is 0 Å². The summed E-state index contributed by atoms with van der Waals surface area (Å²) >= 11 is 1.55. The molecule has 66 valence electrons. The van der Waals surface area contributed by atoms with Gasteiger partial charge in [0.15, 0.2) is 0 Å². The van der Waals surface area contributed by atoms with E-state index in [2.05, 4.69) is 13.8 Å². The first kappa shape index (κ1) is 10.8. The molecule has 1 N–H and O–H groups in total. The summed E-state index contributed by atoms with van der Waals surface area (Å²) in [6.07, 6.45) is 2.11. The maximum absolute atomic E-state index is 10.4. The van der Waals surface area contributed by atoms with E-state index in [9.17, 15) is 4.79 Å². The number of thioether (sulfide) groups is 1. The van der Waals surface area contributed by atoms with Crippen LogP contribution in [-0.2, 0) is 4.79 Å². The first-order valence-electron chi connectivity index (χ1n) is 4.00. The smallest absolute Gasteiger partial charge is 0.316 e. The van der Waals surface area contributed by atoms with Gasteiger partial charge < -0.3 is 5.11 Å². The van der Waals surface area contributed by atoms with Crippen LogP contribution in [0.25, 0.3) is 0 Å². The summed E-state index contributed by atoms with van der Waals surface area (Å²) < 4.78 is 0. The lowest BCUT2D eigenvalue weighted by atomic mass is 10.3. The molecule has 0 bridgehead atoms. The molecule has 0 aliphatic heterocycles. The third-order valence-corrected chi connectivity index (χ3v) is 3.32. The lowest BCUT2D eigenvalue weighted by Gasteiger charge is -2.14. The van der Waals surface area contributed by atoms with Gasteiger partial charge in [0.25, 0.3) is 0 Å². The van der Waals surface area contributed by atoms with Gasteiger partial charge in [0.05, 0.1) is 5.25 Å². The van der Waals surface area contributed by atoms with Crippen molar-refractivity contribution in [1.82, 2.24) is 0 Å². The van der Waals surface area contributed by atoms with Gasteiger partial charge in [0.1, 0.15) is 0 Å². The average Bonchev–Trinajstić information content (AvgIpc) is 1.99. The average molecular weight is 176 g/mol. The van der Waals surface area contributed by atoms with E-state index in [0.717, 1.165) is 12.8 Å². The summed E-state index contributed by atoms with van der Waals surface area (Å²) in [7, 11) is 0. The van der Waals surface area contributed by atoms with Gasteiger partial charge in [-0.1, -0.05) is 13.8 Å². The highest BCUT2D eigenvalue weighted by Gasteiger charge is 2.15. The van der Waals surface area contributed by atoms with Crippen molar-refractivity contribution in [3.63, 3.8) is 0 Å². The molecule has 0 rings (SSSR count). The zero-order chi connectivity index (χ0) is 8.85. The number of carboxylic acid groups (broad SMARTS) is 1. The molecule has 1 atom stereocenters. The predicted octanol–water partition coefficient (Wildman–Crippen LogP) is 2.38. The molecule has 0 aliphatic carbocycles. The number of hydrogen-bond acceptors (Lipinski definition) is 2. The molecule has 0 aromatic rings. The Labute approximate surface area is 72.4 Å². The highest BCUT2D eigenvalue weighted by atomic mass is 32.2. The van der Waals surface area contributed by atoms with E-state index in [1.54, 1.807) is 18.7 Å². The summed E-state index contributed by atoms with van der Waals surface area (Å²) in [5.74, 6) is -0.707. The van der Waals surface area contributed by atoms with Crippen molar-refractivity contribution in [3.05, 3.63) is 0 Å². The monoisotopic (exact) mass is 176 g/mol. The van der Waals surface area contributed by atoms with Crippen LogP contribution in [0.4, 0.5) is 0 Å². The summed E-state index contributed by atoms with van der Waals surface area (Å²) in [5, 5.41) is 8.84. The maximum atomic E-state index is 10.4. The van der Waals surface area contributed by atoms with Crippen LogP contribution in [0.1, 0.15) is 33.6 Å². The fourth-order valence-corrected chi connectivity index (χ4v) is 1.91. The number of carbonyl (C=O) groups is 1. The molecule has 0 saturated heterocycles. The predicted molar refractivity (Wildman–Crippen MR) is 49.1 cm³/mol. The van der Waals surface area contributed by atoms with E-state index < -0.39 is 5.97 Å². The van der Waals surface area contributed by atoms with Crippen molar-refractivity contribution < 1.29 is 9.90 Å². The molecule has 11 heavy (non-hydrogen) atoms. The molecule has 0 saturated carbocycles. The van der Waals surface area contributed by atoms with Crippen molar-refractivity contribution in [2.24, 2.45) is 0 Å². The van der Waals surface area contributed by atoms with Crippen LogP contribution in [0.2, 0.25) is 0 Å². The van der Waals surface area contributed by atoms with Gasteiger partial charge in [-0.15, -0.1) is 11.8 Å². The lowest BCUT2D eigenvalue weighted by molar-refractivity contribution is -0.136. The minimum atomic E-state index is -0.707. The second-order valence-electron chi connectivity index (χ2n) is 2.56. The van der Waals surface area contributed by atoms with Gasteiger partial charge in [-0.3, -0.25) is 4.79 Å². The Morgan fingerprint density at radius 2 is 1.91 bits per heavy atom. The van der Waals surface area contributed by atoms with Crippen LogP contribution in [-0.4, -0.2) is 21.6 Å². The highest BCUT2D eigenvalue weighted by Crippen LogP contribution is 2.22. The SMILES string of the molecule is CCC(CC)SC(C)C(=O)O. The fourth-order valence-electron chi connectivity index (χ4n) is 0.828. The maximum Gasteiger partial charge on any atom is 0.316 e. The van der Waals surface area contributed by atoms with E-state index in [0.29, 0.717) is 5.25 Å². The Kier molecular flexibility index (Phi) is 5.38. The molecule has 0 spiro atoms. The van der Waals surface area contributed by atoms with Crippen molar-refractivity contribution >= 4 is 17.7 Å². The van der Waals surface area contributed by atoms with Gasteiger partial charge in [-0.2, -0.15) is 0 Å². The first-order valence-corrected chi connectivity index (χ1v) is 4.94. The van der Waals surface area contributed by atoms with Crippen LogP contribution in [0.3, 0.4) is 0 Å². The zero-order valence-corrected chi connectivity index (χ0v) is 8.15. The molecule has 0 heterocycles. The van der Waals surface area contributed by atoms with Gasteiger partial charge in [-0.05, 0) is 19.8 Å². The Bertz CT molecular complexity index is 121. The third kappa shape index (κ3) is 4.30. The Morgan fingerprint density at radius 1 is 1.45 bits per heavy atom. The number of rotatable bonds is 5. The molecule has 3 heteroatoms. The zero-order valence-electron chi connectivity index (χ0n) is 7.33. The van der Waals surface area contributed by atoms with Gasteiger partial charge in [0.2, 0.25) is 0 Å². The molecular formula is C8H16O2S. The highest BCUT2D eigenvalue weighted by molar-refractivity contribution is 8.01. The fraction of sp³-hybridized carbons (Fsp3) is 0.875. The van der Waals surface area contributed by atoms with Gasteiger partial charge in [-0.25, -0.2) is 0 Å². The largest absolute Gasteiger partial charge is 0.480 e. The lowest BCUT2D eigenvalue weighted by Crippen LogP contribution is -2.15. The van der Waals surface area contributed by atoms with E-state index in [4.69, 9.17) is 5.11 Å². The quantitative estimate of drug-likeness (QED) is 0.698. The second kappa shape index (κ2) is 5.47. The summed E-state index contributed by atoms with van der Waals surface area (Å²) in [4.78, 5) is 10.4. The van der Waals surface area contributed by atoms with E-state index in [1.807, 2.05) is 0 Å². The number of hydrogen-bond donors (Lipinski definition) is 1. The van der Waals surface area contributed by atoms with Gasteiger partial charge in [0, 0.05) is 5.25 Å². The van der Waals surface area contributed by atoms with E-state index in [-0.39, 0.29) is 5.25 Å². The molecule has 0 fully saturated rings. The third-order valence-electron chi connectivity index (χ3n) is 1.66. The van der Waals surface area contributed by atoms with Crippen LogP contribution >= 0.6 is 11.8 Å². The van der Waals surface area contributed by atoms with Crippen LogP contribution in [0.5, 0.6) is 0 Å². The van der Waals surface area contributed by atoms with Crippen molar-refractivity contribution in [3.8, 4) is 0 Å². The molecule has 2 nitrogen and oxygen atoms in total. The summed E-state index contributed by atoms with van der Waals surface area (Å²) in [6.45, 7) is 5.93. The molecule has 0 amide bonds. The molecule has 1 unspecified atom stereocenters. The topological polar surface area (TPSA) is 37.3 Å². The Balaban J connectivity index is 3.71. The summed E-state index contributed by atoms with van der Waals surface area (Å²) in [6, 6.07) is 0. The van der Waals surface area contributed by atoms with Gasteiger partial charge >= 0.3 is 5.97 Å².